The van der Waals surface area contributed by atoms with Gasteiger partial charge in [-0.15, -0.1) is 5.06 Å². The van der Waals surface area contributed by atoms with Gasteiger partial charge in [0.05, 0.1) is 6.61 Å². The van der Waals surface area contributed by atoms with Crippen LogP contribution in [0.1, 0.15) is 57.8 Å². The van der Waals surface area contributed by atoms with Gasteiger partial charge in [-0.1, -0.05) is 17.6 Å². The minimum atomic E-state index is -0.772. The van der Waals surface area contributed by atoms with Crippen LogP contribution in [0, 0.1) is 5.82 Å². The average Bonchev–Trinajstić information content (AvgIpc) is 2.92. The molecule has 0 spiro atoms. The molecule has 1 aromatic carbocycles. The maximum Gasteiger partial charge on any atom is 0.304 e. The van der Waals surface area contributed by atoms with Crippen LogP contribution in [-0.2, 0) is 4.79 Å². The number of carboxylic acids is 1. The number of hydrogen-bond acceptors (Lipinski definition) is 5. The van der Waals surface area contributed by atoms with Gasteiger partial charge in [-0.25, -0.2) is 9.60 Å². The average molecular weight is 397 g/mol. The SMILES string of the molecule is O=C(O)CCCCCCC1C(CCCCOc2ccc(F)cc2)[N+](O)=CN1O. The van der Waals surface area contributed by atoms with E-state index in [-0.39, 0.29) is 24.3 Å². The maximum atomic E-state index is 12.9. The normalized spacial score (nSPS) is 18.9. The molecule has 0 fully saturated rings. The number of carboxylic acid groups (broad SMARTS) is 1. The smallest absolute Gasteiger partial charge is 0.304 e. The first kappa shape index (κ1) is 21.9. The highest BCUT2D eigenvalue weighted by Crippen LogP contribution is 2.22. The standard InChI is InChI=1S/C20H29FN2O5/c21-16-10-12-17(13-11-16)28-14-6-5-8-19-18(22(26)15-23(19)27)7-3-1-2-4-9-20(24)25/h10-13,15,18-19H,1-9,14H2,(H2-,24,25,26,27)/p+1. The van der Waals surface area contributed by atoms with Crippen molar-refractivity contribution >= 4 is 12.3 Å². The number of halogens is 1. The molecule has 2 unspecified atom stereocenters. The second-order valence-electron chi connectivity index (χ2n) is 7.15. The summed E-state index contributed by atoms with van der Waals surface area (Å²) >= 11 is 0. The number of benzene rings is 1. The van der Waals surface area contributed by atoms with Crippen molar-refractivity contribution in [3.8, 4) is 5.75 Å². The summed E-state index contributed by atoms with van der Waals surface area (Å²) in [4.78, 5) is 10.5. The number of hydroxylamine groups is 3. The molecule has 0 radical (unpaired) electrons. The van der Waals surface area contributed by atoms with Gasteiger partial charge in [0, 0.05) is 6.42 Å². The molecule has 0 bridgehead atoms. The molecule has 28 heavy (non-hydrogen) atoms. The highest BCUT2D eigenvalue weighted by molar-refractivity contribution is 5.66. The quantitative estimate of drug-likeness (QED) is 0.267. The molecule has 8 heteroatoms. The van der Waals surface area contributed by atoms with Gasteiger partial charge in [0.2, 0.25) is 0 Å². The second-order valence-corrected chi connectivity index (χ2v) is 7.15. The zero-order valence-electron chi connectivity index (χ0n) is 16.0. The number of carbonyl (C=O) groups is 1. The zero-order valence-corrected chi connectivity index (χ0v) is 16.0. The third-order valence-corrected chi connectivity index (χ3v) is 4.98. The van der Waals surface area contributed by atoms with Gasteiger partial charge in [0.15, 0.2) is 12.1 Å². The highest BCUT2D eigenvalue weighted by Gasteiger charge is 2.41. The van der Waals surface area contributed by atoms with E-state index >= 15 is 0 Å². The van der Waals surface area contributed by atoms with Gasteiger partial charge in [-0.05, 0) is 62.8 Å². The largest absolute Gasteiger partial charge is 0.494 e. The molecule has 2 rings (SSSR count). The van der Waals surface area contributed by atoms with Crippen LogP contribution >= 0.6 is 0 Å². The summed E-state index contributed by atoms with van der Waals surface area (Å²) in [6.45, 7) is 0.505. The lowest BCUT2D eigenvalue weighted by Gasteiger charge is -2.17. The molecular weight excluding hydrogens is 367 g/mol. The van der Waals surface area contributed by atoms with E-state index in [4.69, 9.17) is 9.84 Å². The lowest BCUT2D eigenvalue weighted by molar-refractivity contribution is -0.792. The Bertz CT molecular complexity index is 638. The molecule has 1 aromatic rings. The van der Waals surface area contributed by atoms with E-state index in [0.29, 0.717) is 25.2 Å². The molecule has 156 valence electrons. The summed E-state index contributed by atoms with van der Waals surface area (Å²) in [5.74, 6) is -0.442. The van der Waals surface area contributed by atoms with Crippen LogP contribution in [0.15, 0.2) is 24.3 Å². The van der Waals surface area contributed by atoms with Crippen LogP contribution in [0.2, 0.25) is 0 Å². The number of hydrogen-bond donors (Lipinski definition) is 3. The van der Waals surface area contributed by atoms with E-state index in [1.54, 1.807) is 12.1 Å². The van der Waals surface area contributed by atoms with E-state index < -0.39 is 5.97 Å². The molecule has 7 nitrogen and oxygen atoms in total. The predicted octanol–water partition coefficient (Wildman–Crippen LogP) is 3.67. The maximum absolute atomic E-state index is 12.9. The fraction of sp³-hybridized carbons (Fsp3) is 0.600. The third-order valence-electron chi connectivity index (χ3n) is 4.98. The molecule has 0 amide bonds. The number of unbranched alkanes of at least 4 members (excludes halogenated alkanes) is 4. The minimum absolute atomic E-state index is 0.178. The number of nitrogens with zero attached hydrogens (tertiary/aromatic N) is 2. The summed E-state index contributed by atoms with van der Waals surface area (Å²) in [6.07, 6.45) is 7.82. The van der Waals surface area contributed by atoms with Crippen molar-refractivity contribution in [2.75, 3.05) is 6.61 Å². The lowest BCUT2D eigenvalue weighted by atomic mass is 9.97. The van der Waals surface area contributed by atoms with Gasteiger partial charge >= 0.3 is 12.3 Å². The van der Waals surface area contributed by atoms with Crippen LogP contribution in [0.3, 0.4) is 0 Å². The van der Waals surface area contributed by atoms with E-state index in [2.05, 4.69) is 0 Å². The lowest BCUT2D eigenvalue weighted by Crippen LogP contribution is -2.36. The van der Waals surface area contributed by atoms with Crippen molar-refractivity contribution in [3.63, 3.8) is 0 Å². The Labute approximate surface area is 164 Å². The van der Waals surface area contributed by atoms with Crippen LogP contribution in [-0.4, -0.2) is 56.3 Å². The van der Waals surface area contributed by atoms with Crippen LogP contribution < -0.4 is 4.74 Å². The van der Waals surface area contributed by atoms with Crippen molar-refractivity contribution in [2.45, 2.75) is 69.9 Å². The van der Waals surface area contributed by atoms with Crippen LogP contribution in [0.25, 0.3) is 0 Å². The molecule has 3 N–H and O–H groups in total. The highest BCUT2D eigenvalue weighted by atomic mass is 19.1. The molecule has 2 atom stereocenters. The van der Waals surface area contributed by atoms with Gasteiger partial charge in [0.1, 0.15) is 11.6 Å². The Morgan fingerprint density at radius 3 is 2.46 bits per heavy atom. The zero-order chi connectivity index (χ0) is 20.4. The molecule has 0 saturated carbocycles. The van der Waals surface area contributed by atoms with E-state index in [9.17, 15) is 19.6 Å². The summed E-state index contributed by atoms with van der Waals surface area (Å²) in [5.41, 5.74) is 0. The fourth-order valence-corrected chi connectivity index (χ4v) is 3.45. The van der Waals surface area contributed by atoms with Crippen molar-refractivity contribution < 1.29 is 34.2 Å². The molecule has 1 aliphatic rings. The van der Waals surface area contributed by atoms with E-state index in [1.807, 2.05) is 0 Å². The Balaban J connectivity index is 1.64. The summed E-state index contributed by atoms with van der Waals surface area (Å²) in [6, 6.07) is 5.53. The first-order valence-corrected chi connectivity index (χ1v) is 9.87. The summed E-state index contributed by atoms with van der Waals surface area (Å²) in [7, 11) is 0. The van der Waals surface area contributed by atoms with Crippen LogP contribution in [0.4, 0.5) is 4.39 Å². The Kier molecular flexibility index (Phi) is 9.00. The van der Waals surface area contributed by atoms with Gasteiger partial charge in [0.25, 0.3) is 0 Å². The van der Waals surface area contributed by atoms with Crippen molar-refractivity contribution in [1.82, 2.24) is 5.06 Å². The monoisotopic (exact) mass is 397 g/mol. The van der Waals surface area contributed by atoms with Gasteiger partial charge < -0.3 is 15.1 Å². The van der Waals surface area contributed by atoms with E-state index in [0.717, 1.165) is 48.3 Å². The summed E-state index contributed by atoms with van der Waals surface area (Å²) in [5, 5.41) is 29.8. The fourth-order valence-electron chi connectivity index (χ4n) is 3.45. The first-order chi connectivity index (χ1) is 13.5. The Hall–Kier alpha value is -2.35. The van der Waals surface area contributed by atoms with Gasteiger partial charge in [-0.2, -0.15) is 0 Å². The van der Waals surface area contributed by atoms with Gasteiger partial charge in [-0.3, -0.25) is 4.79 Å². The Morgan fingerprint density at radius 1 is 1.07 bits per heavy atom. The van der Waals surface area contributed by atoms with Crippen molar-refractivity contribution in [3.05, 3.63) is 30.1 Å². The predicted molar refractivity (Wildman–Crippen MR) is 100 cm³/mol. The minimum Gasteiger partial charge on any atom is -0.494 e. The van der Waals surface area contributed by atoms with E-state index in [1.165, 1.54) is 18.5 Å². The van der Waals surface area contributed by atoms with Crippen molar-refractivity contribution in [1.29, 1.82) is 0 Å². The third kappa shape index (κ3) is 7.34. The number of rotatable bonds is 13. The number of aliphatic carboxylic acids is 1. The molecule has 0 aliphatic carbocycles. The Morgan fingerprint density at radius 2 is 1.75 bits per heavy atom. The first-order valence-electron chi connectivity index (χ1n) is 9.87. The second kappa shape index (κ2) is 11.5. The molecule has 1 heterocycles. The topological polar surface area (TPSA) is 93.2 Å². The summed E-state index contributed by atoms with van der Waals surface area (Å²) < 4.78 is 19.5. The molecule has 0 saturated heterocycles. The molecule has 1 aliphatic heterocycles. The van der Waals surface area contributed by atoms with Crippen molar-refractivity contribution in [2.24, 2.45) is 0 Å². The molecule has 0 aromatic heterocycles. The molecular formula is C20H30FN2O5+. The number of ether oxygens (including phenoxy) is 1. The van der Waals surface area contributed by atoms with Crippen LogP contribution in [0.5, 0.6) is 5.75 Å².